The Morgan fingerprint density at radius 3 is 2.29 bits per heavy atom. The van der Waals surface area contributed by atoms with E-state index in [1.807, 2.05) is 0 Å². The Balaban J connectivity index is 3.28. The predicted octanol–water partition coefficient (Wildman–Crippen LogP) is 2.94. The molecule has 1 N–H and O–H groups in total. The van der Waals surface area contributed by atoms with E-state index in [9.17, 15) is 17.4 Å². The van der Waals surface area contributed by atoms with E-state index in [0.717, 1.165) is 6.07 Å². The van der Waals surface area contributed by atoms with Gasteiger partial charge in [0.25, 0.3) is 0 Å². The maximum absolute atomic E-state index is 12.2. The van der Waals surface area contributed by atoms with Crippen LogP contribution in [0, 0.1) is 0 Å². The first-order valence-corrected chi connectivity index (χ1v) is 4.78. The molecule has 0 amide bonds. The summed E-state index contributed by atoms with van der Waals surface area (Å²) in [6.07, 6.45) is -4.57. The lowest BCUT2D eigenvalue weighted by Gasteiger charge is -2.07. The number of rotatable bonds is 1. The molecule has 7 heteroatoms. The minimum absolute atomic E-state index is 0.225. The van der Waals surface area contributed by atoms with Crippen molar-refractivity contribution in [2.45, 2.75) is 11.1 Å². The van der Waals surface area contributed by atoms with E-state index >= 15 is 0 Å². The van der Waals surface area contributed by atoms with Gasteiger partial charge in [-0.1, -0.05) is 11.6 Å². The molecular weight excluding hydrogens is 241 g/mol. The van der Waals surface area contributed by atoms with Gasteiger partial charge >= 0.3 is 6.18 Å². The Kier molecular flexibility index (Phi) is 3.18. The number of halogens is 4. The van der Waals surface area contributed by atoms with Gasteiger partial charge in [-0.15, -0.1) is 0 Å². The zero-order valence-corrected chi connectivity index (χ0v) is 8.08. The van der Waals surface area contributed by atoms with E-state index in [1.54, 1.807) is 0 Å². The average Bonchev–Trinajstić information content (AvgIpc) is 2.01. The van der Waals surface area contributed by atoms with Gasteiger partial charge < -0.3 is 4.55 Å². The topological polar surface area (TPSA) is 37.3 Å². The molecule has 0 fully saturated rings. The van der Waals surface area contributed by atoms with Crippen LogP contribution in [0.1, 0.15) is 5.56 Å². The van der Waals surface area contributed by atoms with Crippen molar-refractivity contribution >= 4 is 22.7 Å². The highest BCUT2D eigenvalue weighted by Crippen LogP contribution is 2.32. The van der Waals surface area contributed by atoms with E-state index < -0.39 is 22.8 Å². The number of benzene rings is 1. The fourth-order valence-corrected chi connectivity index (χ4v) is 1.58. The molecule has 0 aliphatic carbocycles. The van der Waals surface area contributed by atoms with Gasteiger partial charge in [-0.3, -0.25) is 0 Å². The van der Waals surface area contributed by atoms with E-state index in [-0.39, 0.29) is 9.92 Å². The maximum atomic E-state index is 12.2. The Labute approximate surface area is 85.0 Å². The Morgan fingerprint density at radius 2 is 1.86 bits per heavy atom. The fourth-order valence-electron chi connectivity index (χ4n) is 0.827. The fraction of sp³-hybridized carbons (Fsp3) is 0.143. The zero-order valence-electron chi connectivity index (χ0n) is 6.51. The highest BCUT2D eigenvalue weighted by molar-refractivity contribution is 7.79. The van der Waals surface area contributed by atoms with Crippen molar-refractivity contribution in [2.24, 2.45) is 0 Å². The Hall–Kier alpha value is -0.590. The summed E-state index contributed by atoms with van der Waals surface area (Å²) in [6, 6.07) is 2.28. The van der Waals surface area contributed by atoms with Crippen molar-refractivity contribution in [3.05, 3.63) is 28.8 Å². The number of alkyl halides is 3. The Morgan fingerprint density at radius 1 is 1.29 bits per heavy atom. The van der Waals surface area contributed by atoms with Gasteiger partial charge in [0.1, 0.15) is 0 Å². The van der Waals surface area contributed by atoms with Crippen LogP contribution in [-0.2, 0) is 17.3 Å². The molecular formula is C7H4ClF3O2S. The van der Waals surface area contributed by atoms with Crippen molar-refractivity contribution in [2.75, 3.05) is 0 Å². The summed E-state index contributed by atoms with van der Waals surface area (Å²) in [5, 5.41) is -0.225. The summed E-state index contributed by atoms with van der Waals surface area (Å²) in [5.41, 5.74) is -1.04. The summed E-state index contributed by atoms with van der Waals surface area (Å²) >= 11 is 2.89. The number of hydrogen-bond donors (Lipinski definition) is 1. The quantitative estimate of drug-likeness (QED) is 0.771. The standard InChI is InChI=1S/C7H4ClF3O2S/c8-5-1-4(7(9,10)11)2-6(3-5)14(12)13/h1-3H,(H,12,13). The first-order valence-electron chi connectivity index (χ1n) is 3.29. The van der Waals surface area contributed by atoms with Gasteiger partial charge in [0.2, 0.25) is 0 Å². The lowest BCUT2D eigenvalue weighted by Crippen LogP contribution is -2.05. The molecule has 0 heterocycles. The van der Waals surface area contributed by atoms with E-state index in [1.165, 1.54) is 0 Å². The summed E-state index contributed by atoms with van der Waals surface area (Å²) < 4.78 is 55.6. The molecule has 2 nitrogen and oxygen atoms in total. The van der Waals surface area contributed by atoms with Crippen molar-refractivity contribution < 1.29 is 21.9 Å². The third kappa shape index (κ3) is 2.70. The molecule has 78 valence electrons. The molecule has 1 atom stereocenters. The Bertz CT molecular complexity index is 378. The summed E-state index contributed by atoms with van der Waals surface area (Å²) in [5.74, 6) is 0. The molecule has 0 bridgehead atoms. The zero-order chi connectivity index (χ0) is 10.9. The van der Waals surface area contributed by atoms with Crippen LogP contribution in [0.2, 0.25) is 5.02 Å². The highest BCUT2D eigenvalue weighted by atomic mass is 35.5. The smallest absolute Gasteiger partial charge is 0.302 e. The molecule has 0 saturated heterocycles. The van der Waals surface area contributed by atoms with E-state index in [4.69, 9.17) is 16.2 Å². The predicted molar refractivity (Wildman–Crippen MR) is 45.5 cm³/mol. The van der Waals surface area contributed by atoms with Crippen molar-refractivity contribution in [1.29, 1.82) is 0 Å². The minimum atomic E-state index is -4.57. The van der Waals surface area contributed by atoms with Gasteiger partial charge in [-0.05, 0) is 18.2 Å². The molecule has 0 aliphatic rings. The lowest BCUT2D eigenvalue weighted by atomic mass is 10.2. The summed E-state index contributed by atoms with van der Waals surface area (Å²) in [7, 11) is 0. The van der Waals surface area contributed by atoms with Crippen LogP contribution in [0.25, 0.3) is 0 Å². The van der Waals surface area contributed by atoms with Crippen LogP contribution in [0.3, 0.4) is 0 Å². The van der Waals surface area contributed by atoms with Crippen LogP contribution < -0.4 is 0 Å². The third-order valence-corrected chi connectivity index (χ3v) is 2.26. The van der Waals surface area contributed by atoms with Crippen molar-refractivity contribution in [3.63, 3.8) is 0 Å². The van der Waals surface area contributed by atoms with Crippen LogP contribution in [0.15, 0.2) is 23.1 Å². The molecule has 1 unspecified atom stereocenters. The first-order chi connectivity index (χ1) is 6.30. The summed E-state index contributed by atoms with van der Waals surface area (Å²) in [4.78, 5) is -0.371. The van der Waals surface area contributed by atoms with Crippen LogP contribution in [0.5, 0.6) is 0 Å². The van der Waals surface area contributed by atoms with Gasteiger partial charge in [0, 0.05) is 5.02 Å². The molecule has 0 radical (unpaired) electrons. The highest BCUT2D eigenvalue weighted by Gasteiger charge is 2.31. The SMILES string of the molecule is O=S(O)c1cc(Cl)cc(C(F)(F)F)c1. The second-order valence-corrected chi connectivity index (χ2v) is 3.83. The molecule has 14 heavy (non-hydrogen) atoms. The monoisotopic (exact) mass is 244 g/mol. The van der Waals surface area contributed by atoms with E-state index in [2.05, 4.69) is 0 Å². The average molecular weight is 245 g/mol. The first kappa shape index (κ1) is 11.5. The van der Waals surface area contributed by atoms with Crippen LogP contribution in [0.4, 0.5) is 13.2 Å². The van der Waals surface area contributed by atoms with Gasteiger partial charge in [-0.2, -0.15) is 13.2 Å². The van der Waals surface area contributed by atoms with Gasteiger partial charge in [0.05, 0.1) is 10.5 Å². The van der Waals surface area contributed by atoms with Gasteiger partial charge in [-0.25, -0.2) is 4.21 Å². The minimum Gasteiger partial charge on any atom is -0.302 e. The molecule has 1 aromatic carbocycles. The van der Waals surface area contributed by atoms with Crippen molar-refractivity contribution in [1.82, 2.24) is 0 Å². The molecule has 0 saturated carbocycles. The molecule has 1 rings (SSSR count). The third-order valence-electron chi connectivity index (χ3n) is 1.40. The number of hydrogen-bond acceptors (Lipinski definition) is 1. The largest absolute Gasteiger partial charge is 0.416 e. The lowest BCUT2D eigenvalue weighted by molar-refractivity contribution is -0.137. The maximum Gasteiger partial charge on any atom is 0.416 e. The normalized spacial score (nSPS) is 14.1. The van der Waals surface area contributed by atoms with E-state index in [0.29, 0.717) is 12.1 Å². The van der Waals surface area contributed by atoms with Gasteiger partial charge in [0.15, 0.2) is 11.1 Å². The molecule has 0 aliphatic heterocycles. The molecule has 0 aromatic heterocycles. The second-order valence-electron chi connectivity index (χ2n) is 2.42. The van der Waals surface area contributed by atoms with Crippen LogP contribution in [-0.4, -0.2) is 8.76 Å². The van der Waals surface area contributed by atoms with Crippen LogP contribution >= 0.6 is 11.6 Å². The summed E-state index contributed by atoms with van der Waals surface area (Å²) in [6.45, 7) is 0. The van der Waals surface area contributed by atoms with Crippen molar-refractivity contribution in [3.8, 4) is 0 Å². The molecule has 0 spiro atoms. The molecule has 1 aromatic rings. The second kappa shape index (κ2) is 3.88.